The van der Waals surface area contributed by atoms with Crippen molar-refractivity contribution in [1.82, 2.24) is 14.8 Å². The van der Waals surface area contributed by atoms with E-state index in [-0.39, 0.29) is 22.5 Å². The van der Waals surface area contributed by atoms with Gasteiger partial charge in [0.2, 0.25) is 0 Å². The number of amides is 1. The minimum atomic E-state index is -3.77. The molecule has 33 heavy (non-hydrogen) atoms. The number of thiazole rings is 1. The van der Waals surface area contributed by atoms with Crippen LogP contribution in [0.25, 0.3) is 0 Å². The van der Waals surface area contributed by atoms with Gasteiger partial charge in [0.05, 0.1) is 9.92 Å². The van der Waals surface area contributed by atoms with Crippen molar-refractivity contribution in [2.75, 3.05) is 10.0 Å². The Morgan fingerprint density at radius 3 is 2.61 bits per heavy atom. The Labute approximate surface area is 203 Å². The lowest BCUT2D eigenvalue weighted by Crippen LogP contribution is -2.15. The van der Waals surface area contributed by atoms with Crippen LogP contribution in [0.3, 0.4) is 0 Å². The van der Waals surface area contributed by atoms with E-state index < -0.39 is 15.9 Å². The molecule has 9 nitrogen and oxygen atoms in total. The standard InChI is InChI=1S/C20H15Cl2N5O4S2/c21-13-1-6-18(16(22)11-13)31-12-27-9-7-17(25-27)19(28)24-14-2-4-15(5-3-14)33(29,30)26-20-23-8-10-32-20/h1-11H,12H2,(H,23,26)(H,24,28). The van der Waals surface area contributed by atoms with E-state index in [1.165, 1.54) is 52.5 Å². The lowest BCUT2D eigenvalue weighted by Gasteiger charge is -2.08. The van der Waals surface area contributed by atoms with Gasteiger partial charge in [-0.15, -0.1) is 11.3 Å². The number of nitrogens with one attached hydrogen (secondary N) is 2. The predicted molar refractivity (Wildman–Crippen MR) is 127 cm³/mol. The number of hydrogen-bond acceptors (Lipinski definition) is 7. The van der Waals surface area contributed by atoms with Crippen molar-refractivity contribution >= 4 is 61.3 Å². The second-order valence-electron chi connectivity index (χ2n) is 6.51. The summed E-state index contributed by atoms with van der Waals surface area (Å²) in [6.07, 6.45) is 3.08. The third kappa shape index (κ3) is 5.82. The normalized spacial score (nSPS) is 11.2. The number of hydrogen-bond donors (Lipinski definition) is 2. The fraction of sp³-hybridized carbons (Fsp3) is 0.0500. The summed E-state index contributed by atoms with van der Waals surface area (Å²) in [6.45, 7) is 0.0350. The smallest absolute Gasteiger partial charge is 0.276 e. The fourth-order valence-electron chi connectivity index (χ4n) is 2.64. The van der Waals surface area contributed by atoms with Gasteiger partial charge in [-0.1, -0.05) is 23.2 Å². The Morgan fingerprint density at radius 1 is 1.12 bits per heavy atom. The van der Waals surface area contributed by atoms with Crippen molar-refractivity contribution in [3.05, 3.63) is 82.0 Å². The molecule has 0 saturated heterocycles. The zero-order chi connectivity index (χ0) is 23.4. The molecule has 0 bridgehead atoms. The highest BCUT2D eigenvalue weighted by Crippen LogP contribution is 2.27. The molecule has 1 amide bonds. The summed E-state index contributed by atoms with van der Waals surface area (Å²) in [6, 6.07) is 12.1. The SMILES string of the molecule is O=C(Nc1ccc(S(=O)(=O)Nc2nccs2)cc1)c1ccn(COc2ccc(Cl)cc2Cl)n1. The van der Waals surface area contributed by atoms with E-state index in [1.54, 1.807) is 29.8 Å². The summed E-state index contributed by atoms with van der Waals surface area (Å²) < 4.78 is 34.2. The number of halogens is 2. The first kappa shape index (κ1) is 23.1. The molecule has 0 atom stereocenters. The van der Waals surface area contributed by atoms with Crippen LogP contribution in [-0.2, 0) is 16.8 Å². The number of rotatable bonds is 8. The van der Waals surface area contributed by atoms with Gasteiger partial charge in [-0.3, -0.25) is 9.52 Å². The molecule has 0 unspecified atom stereocenters. The zero-order valence-corrected chi connectivity index (χ0v) is 19.7. The van der Waals surface area contributed by atoms with Gasteiger partial charge in [0.1, 0.15) is 5.75 Å². The Hall–Kier alpha value is -3.12. The molecule has 0 spiro atoms. The first-order valence-corrected chi connectivity index (χ1v) is 12.4. The summed E-state index contributed by atoms with van der Waals surface area (Å²) >= 11 is 13.1. The summed E-state index contributed by atoms with van der Waals surface area (Å²) in [5, 5.41) is 9.62. The highest BCUT2D eigenvalue weighted by atomic mass is 35.5. The average molecular weight is 524 g/mol. The molecular weight excluding hydrogens is 509 g/mol. The van der Waals surface area contributed by atoms with Crippen molar-refractivity contribution in [2.24, 2.45) is 0 Å². The molecule has 0 aliphatic rings. The molecule has 170 valence electrons. The van der Waals surface area contributed by atoms with Gasteiger partial charge >= 0.3 is 0 Å². The summed E-state index contributed by atoms with van der Waals surface area (Å²) in [7, 11) is -3.77. The first-order chi connectivity index (χ1) is 15.8. The lowest BCUT2D eigenvalue weighted by molar-refractivity contribution is 0.102. The van der Waals surface area contributed by atoms with Gasteiger partial charge in [-0.25, -0.2) is 18.1 Å². The van der Waals surface area contributed by atoms with Crippen molar-refractivity contribution in [3.8, 4) is 5.75 Å². The summed E-state index contributed by atoms with van der Waals surface area (Å²) in [4.78, 5) is 16.4. The zero-order valence-electron chi connectivity index (χ0n) is 16.6. The van der Waals surface area contributed by atoms with Crippen LogP contribution in [0.15, 0.2) is 71.2 Å². The van der Waals surface area contributed by atoms with E-state index in [1.807, 2.05) is 0 Å². The predicted octanol–water partition coefficient (Wildman–Crippen LogP) is 4.74. The van der Waals surface area contributed by atoms with Crippen molar-refractivity contribution in [1.29, 1.82) is 0 Å². The van der Waals surface area contributed by atoms with E-state index in [2.05, 4.69) is 20.1 Å². The van der Waals surface area contributed by atoms with Crippen LogP contribution in [0.2, 0.25) is 10.0 Å². The van der Waals surface area contributed by atoms with E-state index in [4.69, 9.17) is 27.9 Å². The maximum atomic E-state index is 12.5. The molecule has 4 rings (SSSR count). The van der Waals surface area contributed by atoms with Gasteiger partial charge in [-0.2, -0.15) is 5.10 Å². The third-order valence-corrected chi connectivity index (χ3v) is 6.90. The summed E-state index contributed by atoms with van der Waals surface area (Å²) in [5.41, 5.74) is 0.565. The molecule has 0 radical (unpaired) electrons. The first-order valence-electron chi connectivity index (χ1n) is 9.25. The van der Waals surface area contributed by atoms with Crippen molar-refractivity contribution in [3.63, 3.8) is 0 Å². The molecule has 0 aliphatic carbocycles. The maximum absolute atomic E-state index is 12.5. The highest BCUT2D eigenvalue weighted by Gasteiger charge is 2.16. The molecule has 4 aromatic rings. The molecule has 0 fully saturated rings. The van der Waals surface area contributed by atoms with E-state index in [0.29, 0.717) is 21.5 Å². The van der Waals surface area contributed by atoms with Crippen LogP contribution in [0.4, 0.5) is 10.8 Å². The van der Waals surface area contributed by atoms with E-state index in [0.717, 1.165) is 0 Å². The minimum Gasteiger partial charge on any atom is -0.470 e. The quantitative estimate of drug-likeness (QED) is 0.344. The lowest BCUT2D eigenvalue weighted by atomic mass is 10.3. The van der Waals surface area contributed by atoms with Crippen LogP contribution >= 0.6 is 34.5 Å². The fourth-order valence-corrected chi connectivity index (χ4v) is 4.89. The number of benzene rings is 2. The van der Waals surface area contributed by atoms with Crippen LogP contribution in [-0.4, -0.2) is 29.1 Å². The van der Waals surface area contributed by atoms with Crippen LogP contribution < -0.4 is 14.8 Å². The van der Waals surface area contributed by atoms with Gasteiger partial charge in [0.15, 0.2) is 17.6 Å². The molecule has 2 N–H and O–H groups in total. The Morgan fingerprint density at radius 2 is 1.91 bits per heavy atom. The molecule has 0 aliphatic heterocycles. The number of anilines is 2. The molecule has 2 heterocycles. The van der Waals surface area contributed by atoms with Gasteiger partial charge in [0.25, 0.3) is 15.9 Å². The van der Waals surface area contributed by atoms with E-state index in [9.17, 15) is 13.2 Å². The number of carbonyl (C=O) groups excluding carboxylic acids is 1. The highest BCUT2D eigenvalue weighted by molar-refractivity contribution is 7.93. The third-order valence-electron chi connectivity index (χ3n) is 4.20. The molecular formula is C20H15Cl2N5O4S2. The number of ether oxygens (including phenoxy) is 1. The molecule has 0 saturated carbocycles. The van der Waals surface area contributed by atoms with Crippen LogP contribution in [0.1, 0.15) is 10.5 Å². The largest absolute Gasteiger partial charge is 0.470 e. The summed E-state index contributed by atoms with van der Waals surface area (Å²) in [5.74, 6) is -0.0308. The Balaban J connectivity index is 1.36. The Kier molecular flexibility index (Phi) is 6.84. The number of carbonyl (C=O) groups is 1. The number of aromatic nitrogens is 3. The van der Waals surface area contributed by atoms with Gasteiger partial charge in [-0.05, 0) is 48.5 Å². The van der Waals surface area contributed by atoms with Gasteiger partial charge < -0.3 is 10.1 Å². The maximum Gasteiger partial charge on any atom is 0.276 e. The molecule has 13 heteroatoms. The minimum absolute atomic E-state index is 0.0350. The second kappa shape index (κ2) is 9.79. The monoisotopic (exact) mass is 523 g/mol. The van der Waals surface area contributed by atoms with Crippen molar-refractivity contribution < 1.29 is 17.9 Å². The van der Waals surface area contributed by atoms with Crippen LogP contribution in [0, 0.1) is 0 Å². The molecule has 2 aromatic heterocycles. The molecule has 2 aromatic carbocycles. The second-order valence-corrected chi connectivity index (χ2v) is 9.93. The van der Waals surface area contributed by atoms with Crippen molar-refractivity contribution in [2.45, 2.75) is 11.6 Å². The Bertz CT molecular complexity index is 1370. The number of nitrogens with zero attached hydrogens (tertiary/aromatic N) is 3. The number of sulfonamides is 1. The van der Waals surface area contributed by atoms with Gasteiger partial charge in [0, 0.05) is 28.5 Å². The topological polar surface area (TPSA) is 115 Å². The average Bonchev–Trinajstić information content (AvgIpc) is 3.45. The van der Waals surface area contributed by atoms with E-state index >= 15 is 0 Å². The van der Waals surface area contributed by atoms with Crippen LogP contribution in [0.5, 0.6) is 5.75 Å².